The van der Waals surface area contributed by atoms with Gasteiger partial charge >= 0.3 is 0 Å². The van der Waals surface area contributed by atoms with E-state index in [0.29, 0.717) is 5.92 Å². The number of nitrogens with zero attached hydrogens (tertiary/aromatic N) is 2. The fourth-order valence-electron chi connectivity index (χ4n) is 4.80. The number of benzene rings is 1. The quantitative estimate of drug-likeness (QED) is 0.205. The van der Waals surface area contributed by atoms with Crippen LogP contribution < -0.4 is 0 Å². The summed E-state index contributed by atoms with van der Waals surface area (Å²) in [6.07, 6.45) is 29.5. The Morgan fingerprint density at radius 2 is 1.19 bits per heavy atom. The molecule has 1 atom stereocenters. The normalized spacial score (nSPS) is 12.3. The maximum Gasteiger partial charge on any atom is 0.0991 e. The van der Waals surface area contributed by atoms with Gasteiger partial charge in [0.15, 0.2) is 0 Å². The average molecular weight is 425 g/mol. The molecule has 0 N–H and O–H groups in total. The topological polar surface area (TPSA) is 17.8 Å². The first-order chi connectivity index (χ1) is 15.4. The Kier molecular flexibility index (Phi) is 14.1. The molecule has 0 fully saturated rings. The van der Waals surface area contributed by atoms with Crippen LogP contribution in [-0.4, -0.2) is 9.55 Å². The van der Waals surface area contributed by atoms with E-state index in [-0.39, 0.29) is 0 Å². The average Bonchev–Trinajstić information content (AvgIpc) is 3.34. The molecule has 0 bridgehead atoms. The molecule has 31 heavy (non-hydrogen) atoms. The van der Waals surface area contributed by atoms with E-state index in [1.165, 1.54) is 120 Å². The van der Waals surface area contributed by atoms with Gasteiger partial charge in [0.1, 0.15) is 0 Å². The zero-order valence-electron chi connectivity index (χ0n) is 20.5. The van der Waals surface area contributed by atoms with Gasteiger partial charge in [-0.1, -0.05) is 128 Å². The van der Waals surface area contributed by atoms with E-state index < -0.39 is 0 Å². The first-order valence-electron chi connectivity index (χ1n) is 13.4. The molecule has 0 spiro atoms. The molecule has 0 amide bonds. The highest BCUT2D eigenvalue weighted by atomic mass is 15.0. The molecule has 0 aliphatic rings. The van der Waals surface area contributed by atoms with Gasteiger partial charge in [0.25, 0.3) is 0 Å². The van der Waals surface area contributed by atoms with Gasteiger partial charge in [-0.05, 0) is 30.4 Å². The fourth-order valence-corrected chi connectivity index (χ4v) is 4.80. The van der Waals surface area contributed by atoms with E-state index in [1.807, 2.05) is 12.5 Å². The van der Waals surface area contributed by atoms with Crippen LogP contribution in [-0.2, 0) is 0 Å². The summed E-state index contributed by atoms with van der Waals surface area (Å²) in [7, 11) is 0. The highest BCUT2D eigenvalue weighted by Gasteiger charge is 2.16. The van der Waals surface area contributed by atoms with Crippen LogP contribution in [0.3, 0.4) is 0 Å². The Morgan fingerprint density at radius 3 is 1.71 bits per heavy atom. The van der Waals surface area contributed by atoms with E-state index in [0.717, 1.165) is 0 Å². The highest BCUT2D eigenvalue weighted by Crippen LogP contribution is 2.32. The smallest absolute Gasteiger partial charge is 0.0991 e. The fraction of sp³-hybridized carbons (Fsp3) is 0.690. The van der Waals surface area contributed by atoms with Crippen LogP contribution in [0.5, 0.6) is 0 Å². The van der Waals surface area contributed by atoms with Gasteiger partial charge in [-0.3, -0.25) is 0 Å². The summed E-state index contributed by atoms with van der Waals surface area (Å²) in [5.41, 5.74) is 2.85. The minimum absolute atomic E-state index is 0.675. The predicted octanol–water partition coefficient (Wildman–Crippen LogP) is 9.63. The molecule has 2 heteroatoms. The molecule has 1 aromatic heterocycles. The Labute approximate surface area is 192 Å². The SMILES string of the molecule is CCCCCCCCCC[C@H](CCCCCCCCC)c1ccccc1-n1ccnc1. The van der Waals surface area contributed by atoms with E-state index in [1.54, 1.807) is 0 Å². The summed E-state index contributed by atoms with van der Waals surface area (Å²) in [6.45, 7) is 4.60. The molecule has 2 rings (SSSR count). The Hall–Kier alpha value is -1.57. The second-order valence-corrected chi connectivity index (χ2v) is 9.40. The maximum atomic E-state index is 4.29. The molecule has 0 saturated carbocycles. The molecule has 2 nitrogen and oxygen atoms in total. The maximum absolute atomic E-state index is 4.29. The first kappa shape index (κ1) is 25.7. The molecule has 2 aromatic rings. The molecular weight excluding hydrogens is 376 g/mol. The van der Waals surface area contributed by atoms with Crippen LogP contribution in [0.25, 0.3) is 5.69 Å². The van der Waals surface area contributed by atoms with E-state index in [9.17, 15) is 0 Å². The van der Waals surface area contributed by atoms with Crippen LogP contribution in [0.1, 0.15) is 134 Å². The predicted molar refractivity (Wildman–Crippen MR) is 136 cm³/mol. The second kappa shape index (κ2) is 17.0. The minimum atomic E-state index is 0.675. The molecule has 0 unspecified atom stereocenters. The Bertz CT molecular complexity index is 647. The lowest BCUT2D eigenvalue weighted by Gasteiger charge is -2.21. The van der Waals surface area contributed by atoms with Crippen LogP contribution in [0.2, 0.25) is 0 Å². The van der Waals surface area contributed by atoms with Gasteiger partial charge in [-0.25, -0.2) is 4.98 Å². The molecule has 0 radical (unpaired) electrons. The van der Waals surface area contributed by atoms with Gasteiger partial charge in [-0.2, -0.15) is 0 Å². The third kappa shape index (κ3) is 10.5. The number of unbranched alkanes of at least 4 members (excludes halogenated alkanes) is 13. The van der Waals surface area contributed by atoms with Crippen molar-refractivity contribution in [2.75, 3.05) is 0 Å². The van der Waals surface area contributed by atoms with Crippen LogP contribution in [0.4, 0.5) is 0 Å². The van der Waals surface area contributed by atoms with E-state index in [2.05, 4.69) is 53.9 Å². The van der Waals surface area contributed by atoms with Crippen molar-refractivity contribution in [1.29, 1.82) is 0 Å². The molecule has 0 saturated heterocycles. The van der Waals surface area contributed by atoms with Crippen LogP contribution in [0, 0.1) is 0 Å². The summed E-state index contributed by atoms with van der Waals surface area (Å²) in [4.78, 5) is 4.29. The summed E-state index contributed by atoms with van der Waals surface area (Å²) in [6, 6.07) is 9.02. The van der Waals surface area contributed by atoms with Gasteiger partial charge < -0.3 is 4.57 Å². The van der Waals surface area contributed by atoms with Crippen molar-refractivity contribution in [2.45, 2.75) is 129 Å². The first-order valence-corrected chi connectivity index (χ1v) is 13.4. The largest absolute Gasteiger partial charge is 0.306 e. The Morgan fingerprint density at radius 1 is 0.677 bits per heavy atom. The number of hydrogen-bond acceptors (Lipinski definition) is 1. The van der Waals surface area contributed by atoms with E-state index >= 15 is 0 Å². The number of imidazole rings is 1. The zero-order valence-corrected chi connectivity index (χ0v) is 20.5. The van der Waals surface area contributed by atoms with Gasteiger partial charge in [-0.15, -0.1) is 0 Å². The molecule has 174 valence electrons. The lowest BCUT2D eigenvalue weighted by molar-refractivity contribution is 0.482. The van der Waals surface area contributed by atoms with Crippen LogP contribution >= 0.6 is 0 Å². The second-order valence-electron chi connectivity index (χ2n) is 9.40. The zero-order chi connectivity index (χ0) is 22.0. The summed E-state index contributed by atoms with van der Waals surface area (Å²) < 4.78 is 2.20. The van der Waals surface area contributed by atoms with Crippen molar-refractivity contribution in [2.24, 2.45) is 0 Å². The summed E-state index contributed by atoms with van der Waals surface area (Å²) in [5.74, 6) is 0.675. The standard InChI is InChI=1S/C29H48N2/c1-3-5-7-9-11-13-15-17-21-27(20-16-14-12-10-8-6-4-2)28-22-18-19-23-29(28)31-25-24-30-26-31/h18-19,22-27H,3-17,20-21H2,1-2H3/t27-/m0/s1. The van der Waals surface area contributed by atoms with Crippen molar-refractivity contribution in [3.63, 3.8) is 0 Å². The van der Waals surface area contributed by atoms with Crippen molar-refractivity contribution >= 4 is 0 Å². The van der Waals surface area contributed by atoms with Crippen molar-refractivity contribution in [3.8, 4) is 5.69 Å². The third-order valence-electron chi connectivity index (χ3n) is 6.72. The van der Waals surface area contributed by atoms with Gasteiger partial charge in [0.05, 0.1) is 6.33 Å². The number of hydrogen-bond donors (Lipinski definition) is 0. The molecule has 1 heterocycles. The molecule has 0 aliphatic heterocycles. The summed E-state index contributed by atoms with van der Waals surface area (Å²) in [5, 5.41) is 0. The minimum Gasteiger partial charge on any atom is -0.306 e. The van der Waals surface area contributed by atoms with Crippen molar-refractivity contribution < 1.29 is 0 Å². The third-order valence-corrected chi connectivity index (χ3v) is 6.72. The highest BCUT2D eigenvalue weighted by molar-refractivity contribution is 5.43. The molecule has 0 aliphatic carbocycles. The lowest BCUT2D eigenvalue weighted by Crippen LogP contribution is -2.05. The monoisotopic (exact) mass is 424 g/mol. The molecule has 1 aromatic carbocycles. The van der Waals surface area contributed by atoms with Gasteiger partial charge in [0.2, 0.25) is 0 Å². The number of aromatic nitrogens is 2. The van der Waals surface area contributed by atoms with Crippen molar-refractivity contribution in [1.82, 2.24) is 9.55 Å². The van der Waals surface area contributed by atoms with Crippen molar-refractivity contribution in [3.05, 3.63) is 48.5 Å². The summed E-state index contributed by atoms with van der Waals surface area (Å²) >= 11 is 0. The van der Waals surface area contributed by atoms with Gasteiger partial charge in [0, 0.05) is 18.1 Å². The lowest BCUT2D eigenvalue weighted by atomic mass is 9.87. The van der Waals surface area contributed by atoms with E-state index in [4.69, 9.17) is 0 Å². The Balaban J connectivity index is 1.86. The van der Waals surface area contributed by atoms with Crippen LogP contribution in [0.15, 0.2) is 43.0 Å². The number of rotatable bonds is 19. The molecular formula is C29H48N2. The number of para-hydroxylation sites is 1.